The standard InChI is InChI=1S/C38H25N3/c1-2-12-33-32(11-1)35-14-6-13-34-31(20-21-36(33)38(34)35)27-8-5-10-30(24-27)41(37-15-3-4-23-40-37)29-18-16-26(17-19-29)28-9-7-22-39-25-28/h1-25H. The largest absolute Gasteiger partial charge is 0.295 e. The fourth-order valence-electron chi connectivity index (χ4n) is 6.11. The molecule has 0 aliphatic heterocycles. The Labute approximate surface area is 239 Å². The first kappa shape index (κ1) is 23.4. The van der Waals surface area contributed by atoms with Crippen molar-refractivity contribution < 1.29 is 0 Å². The van der Waals surface area contributed by atoms with Crippen LogP contribution < -0.4 is 4.90 Å². The molecule has 0 atom stereocenters. The van der Waals surface area contributed by atoms with Gasteiger partial charge in [-0.3, -0.25) is 9.88 Å². The second-order valence-electron chi connectivity index (χ2n) is 10.3. The quantitative estimate of drug-likeness (QED) is 0.225. The van der Waals surface area contributed by atoms with E-state index >= 15 is 0 Å². The summed E-state index contributed by atoms with van der Waals surface area (Å²) in [6.45, 7) is 0. The van der Waals surface area contributed by atoms with Crippen molar-refractivity contribution in [3.05, 3.63) is 152 Å². The van der Waals surface area contributed by atoms with Gasteiger partial charge in [0.15, 0.2) is 0 Å². The number of fused-ring (bicyclic) bond motifs is 3. The summed E-state index contributed by atoms with van der Waals surface area (Å²) in [6, 6.07) is 47.4. The zero-order valence-corrected chi connectivity index (χ0v) is 22.3. The second kappa shape index (κ2) is 9.58. The third kappa shape index (κ3) is 3.90. The van der Waals surface area contributed by atoms with E-state index < -0.39 is 0 Å². The van der Waals surface area contributed by atoms with Gasteiger partial charge < -0.3 is 0 Å². The molecule has 5 aromatic carbocycles. The van der Waals surface area contributed by atoms with Crippen LogP contribution in [0.15, 0.2) is 152 Å². The number of aromatic nitrogens is 2. The summed E-state index contributed by atoms with van der Waals surface area (Å²) in [5.41, 5.74) is 12.0. The van der Waals surface area contributed by atoms with Crippen molar-refractivity contribution in [3.63, 3.8) is 0 Å². The number of pyridine rings is 2. The van der Waals surface area contributed by atoms with Crippen molar-refractivity contribution in [3.8, 4) is 44.5 Å². The molecular weight excluding hydrogens is 498 g/mol. The predicted octanol–water partition coefficient (Wildman–Crippen LogP) is 10.1. The highest BCUT2D eigenvalue weighted by Crippen LogP contribution is 2.49. The molecule has 0 fully saturated rings. The number of hydrogen-bond acceptors (Lipinski definition) is 3. The number of hydrogen-bond donors (Lipinski definition) is 0. The molecule has 192 valence electrons. The molecule has 3 heteroatoms. The summed E-state index contributed by atoms with van der Waals surface area (Å²) in [7, 11) is 0. The van der Waals surface area contributed by atoms with Gasteiger partial charge in [0.1, 0.15) is 5.82 Å². The lowest BCUT2D eigenvalue weighted by Crippen LogP contribution is -2.11. The normalized spacial score (nSPS) is 11.4. The molecule has 0 spiro atoms. The molecule has 8 rings (SSSR count). The van der Waals surface area contributed by atoms with Gasteiger partial charge in [0.2, 0.25) is 0 Å². The zero-order chi connectivity index (χ0) is 27.2. The molecule has 0 amide bonds. The van der Waals surface area contributed by atoms with Crippen LogP contribution in [0, 0.1) is 0 Å². The highest BCUT2D eigenvalue weighted by atomic mass is 15.2. The molecular formula is C38H25N3. The minimum atomic E-state index is 0.870. The first-order valence-corrected chi connectivity index (χ1v) is 13.8. The molecule has 0 bridgehead atoms. The van der Waals surface area contributed by atoms with Gasteiger partial charge >= 0.3 is 0 Å². The van der Waals surface area contributed by atoms with Crippen LogP contribution in [-0.4, -0.2) is 9.97 Å². The summed E-state index contributed by atoms with van der Waals surface area (Å²) < 4.78 is 0. The summed E-state index contributed by atoms with van der Waals surface area (Å²) >= 11 is 0. The van der Waals surface area contributed by atoms with Crippen LogP contribution in [0.25, 0.3) is 55.3 Å². The molecule has 0 radical (unpaired) electrons. The van der Waals surface area contributed by atoms with E-state index in [4.69, 9.17) is 4.98 Å². The molecule has 2 aromatic heterocycles. The first-order valence-electron chi connectivity index (χ1n) is 13.8. The van der Waals surface area contributed by atoms with Crippen molar-refractivity contribution in [2.45, 2.75) is 0 Å². The Hall–Kier alpha value is -5.54. The lowest BCUT2D eigenvalue weighted by Gasteiger charge is -2.25. The van der Waals surface area contributed by atoms with Crippen LogP contribution >= 0.6 is 0 Å². The van der Waals surface area contributed by atoms with E-state index in [9.17, 15) is 0 Å². The van der Waals surface area contributed by atoms with Gasteiger partial charge in [-0.05, 0) is 97.7 Å². The minimum absolute atomic E-state index is 0.870. The van der Waals surface area contributed by atoms with Crippen LogP contribution in [0.5, 0.6) is 0 Å². The maximum absolute atomic E-state index is 4.74. The Kier molecular flexibility index (Phi) is 5.46. The van der Waals surface area contributed by atoms with Crippen LogP contribution in [0.4, 0.5) is 17.2 Å². The van der Waals surface area contributed by atoms with E-state index in [1.807, 2.05) is 30.6 Å². The first-order chi connectivity index (χ1) is 20.3. The van der Waals surface area contributed by atoms with Gasteiger partial charge in [0.05, 0.1) is 0 Å². The summed E-state index contributed by atoms with van der Waals surface area (Å²) in [6.07, 6.45) is 5.54. The highest BCUT2D eigenvalue weighted by Gasteiger charge is 2.22. The van der Waals surface area contributed by atoms with E-state index in [1.54, 1.807) is 6.20 Å². The molecule has 1 aliphatic rings. The van der Waals surface area contributed by atoms with E-state index in [2.05, 4.69) is 125 Å². The van der Waals surface area contributed by atoms with Crippen LogP contribution in [0.2, 0.25) is 0 Å². The second-order valence-corrected chi connectivity index (χ2v) is 10.3. The fourth-order valence-corrected chi connectivity index (χ4v) is 6.11. The fraction of sp³-hybridized carbons (Fsp3) is 0. The molecule has 3 nitrogen and oxygen atoms in total. The number of benzene rings is 5. The van der Waals surface area contributed by atoms with E-state index in [1.165, 1.54) is 44.2 Å². The number of anilines is 3. The Morgan fingerprint density at radius 3 is 1.95 bits per heavy atom. The van der Waals surface area contributed by atoms with E-state index in [0.717, 1.165) is 28.3 Å². The van der Waals surface area contributed by atoms with Crippen LogP contribution in [-0.2, 0) is 0 Å². The molecule has 0 unspecified atom stereocenters. The molecule has 2 heterocycles. The smallest absolute Gasteiger partial charge is 0.137 e. The minimum Gasteiger partial charge on any atom is -0.295 e. The summed E-state index contributed by atoms with van der Waals surface area (Å²) in [5.74, 6) is 0.870. The lowest BCUT2D eigenvalue weighted by molar-refractivity contribution is 1.18. The maximum atomic E-state index is 4.74. The summed E-state index contributed by atoms with van der Waals surface area (Å²) in [4.78, 5) is 11.2. The average molecular weight is 524 g/mol. The van der Waals surface area contributed by atoms with Gasteiger partial charge in [0.25, 0.3) is 0 Å². The number of nitrogens with zero attached hydrogens (tertiary/aromatic N) is 3. The summed E-state index contributed by atoms with van der Waals surface area (Å²) in [5, 5.41) is 2.61. The lowest BCUT2D eigenvalue weighted by atomic mass is 9.94. The zero-order valence-electron chi connectivity index (χ0n) is 22.3. The van der Waals surface area contributed by atoms with Crippen molar-refractivity contribution in [2.75, 3.05) is 4.90 Å². The maximum Gasteiger partial charge on any atom is 0.137 e. The van der Waals surface area contributed by atoms with Crippen LogP contribution in [0.1, 0.15) is 0 Å². The van der Waals surface area contributed by atoms with Gasteiger partial charge in [0, 0.05) is 30.0 Å². The van der Waals surface area contributed by atoms with Crippen molar-refractivity contribution in [1.82, 2.24) is 9.97 Å². The SMILES string of the molecule is c1ccc(N(c2ccc(-c3cccnc3)cc2)c2cccc(-c3ccc4c5c(cccc35)-c3ccccc3-4)c2)nc1. The van der Waals surface area contributed by atoms with Gasteiger partial charge in [-0.1, -0.05) is 91.0 Å². The monoisotopic (exact) mass is 523 g/mol. The van der Waals surface area contributed by atoms with Crippen LogP contribution in [0.3, 0.4) is 0 Å². The Balaban J connectivity index is 1.25. The van der Waals surface area contributed by atoms with Gasteiger partial charge in [-0.2, -0.15) is 0 Å². The third-order valence-corrected chi connectivity index (χ3v) is 7.96. The highest BCUT2D eigenvalue weighted by molar-refractivity contribution is 6.18. The molecule has 0 saturated carbocycles. The molecule has 0 saturated heterocycles. The van der Waals surface area contributed by atoms with Crippen molar-refractivity contribution in [1.29, 1.82) is 0 Å². The Morgan fingerprint density at radius 1 is 0.439 bits per heavy atom. The van der Waals surface area contributed by atoms with E-state index in [-0.39, 0.29) is 0 Å². The van der Waals surface area contributed by atoms with Gasteiger partial charge in [-0.25, -0.2) is 4.98 Å². The topological polar surface area (TPSA) is 29.0 Å². The molecule has 41 heavy (non-hydrogen) atoms. The van der Waals surface area contributed by atoms with E-state index in [0.29, 0.717) is 0 Å². The molecule has 1 aliphatic carbocycles. The van der Waals surface area contributed by atoms with Crippen molar-refractivity contribution in [2.24, 2.45) is 0 Å². The van der Waals surface area contributed by atoms with Crippen molar-refractivity contribution >= 4 is 28.0 Å². The predicted molar refractivity (Wildman–Crippen MR) is 170 cm³/mol. The molecule has 7 aromatic rings. The van der Waals surface area contributed by atoms with Gasteiger partial charge in [-0.15, -0.1) is 0 Å². The number of rotatable bonds is 5. The molecule has 0 N–H and O–H groups in total. The Bertz CT molecular complexity index is 2000. The Morgan fingerprint density at radius 2 is 1.17 bits per heavy atom. The average Bonchev–Trinajstić information content (AvgIpc) is 3.38. The third-order valence-electron chi connectivity index (χ3n) is 7.96.